The highest BCUT2D eigenvalue weighted by molar-refractivity contribution is 6.31. The molecule has 3 aromatic rings. The van der Waals surface area contributed by atoms with Crippen LogP contribution in [0.15, 0.2) is 66.7 Å². The second kappa shape index (κ2) is 10.2. The summed E-state index contributed by atoms with van der Waals surface area (Å²) in [5, 5.41) is 10.0. The predicted molar refractivity (Wildman–Crippen MR) is 153 cm³/mol. The highest BCUT2D eigenvalue weighted by atomic mass is 35.5. The van der Waals surface area contributed by atoms with Gasteiger partial charge in [-0.25, -0.2) is 9.69 Å². The minimum absolute atomic E-state index is 0.0639. The average Bonchev–Trinajstić information content (AvgIpc) is 3.16. The number of piperidine rings is 1. The third kappa shape index (κ3) is 4.34. The second-order valence-electron chi connectivity index (χ2n) is 10.5. The van der Waals surface area contributed by atoms with Crippen molar-refractivity contribution in [1.29, 1.82) is 5.41 Å². The molecule has 0 bridgehead atoms. The number of amides is 2. The summed E-state index contributed by atoms with van der Waals surface area (Å²) in [4.78, 5) is 20.1. The van der Waals surface area contributed by atoms with Crippen LogP contribution in [0.25, 0.3) is 0 Å². The first-order valence-corrected chi connectivity index (χ1v) is 13.8. The number of amidine groups is 1. The Morgan fingerprint density at radius 1 is 1.00 bits per heavy atom. The summed E-state index contributed by atoms with van der Waals surface area (Å²) in [5.41, 5.74) is 3.52. The van der Waals surface area contributed by atoms with Gasteiger partial charge in [-0.05, 0) is 72.7 Å². The van der Waals surface area contributed by atoms with Crippen LogP contribution in [0.2, 0.25) is 5.02 Å². The van der Waals surface area contributed by atoms with E-state index in [1.807, 2.05) is 35.2 Å². The molecule has 2 fully saturated rings. The van der Waals surface area contributed by atoms with E-state index >= 15 is 0 Å². The Morgan fingerprint density at radius 2 is 1.77 bits per heavy atom. The van der Waals surface area contributed by atoms with E-state index in [0.717, 1.165) is 31.7 Å². The number of hydrogen-bond acceptors (Lipinski definition) is 5. The molecule has 3 aliphatic heterocycles. The number of carbonyl (C=O) groups is 1. The van der Waals surface area contributed by atoms with Gasteiger partial charge in [-0.15, -0.1) is 0 Å². The number of urea groups is 1. The van der Waals surface area contributed by atoms with Crippen LogP contribution in [-0.4, -0.2) is 61.1 Å². The maximum Gasteiger partial charge on any atom is 0.330 e. The number of carbonyl (C=O) groups excluding carboxylic acids is 1. The zero-order valence-electron chi connectivity index (χ0n) is 22.3. The summed E-state index contributed by atoms with van der Waals surface area (Å²) >= 11 is 6.32. The molecular weight excluding hydrogens is 512 g/mol. The Labute approximate surface area is 234 Å². The zero-order valence-corrected chi connectivity index (χ0v) is 23.1. The summed E-state index contributed by atoms with van der Waals surface area (Å²) in [6, 6.07) is 21.6. The number of ether oxygens (including phenoxy) is 2. The van der Waals surface area contributed by atoms with Crippen LogP contribution < -0.4 is 14.4 Å². The van der Waals surface area contributed by atoms with Crippen molar-refractivity contribution < 1.29 is 14.3 Å². The SMILES string of the molecule is COc1cc2c(cc1OC)[C@@H]1C[C@]3(CCN1CC2)C(=N)N(c1cccc(Cl)c1)C(=O)N3CCc1ccccc1. The summed E-state index contributed by atoms with van der Waals surface area (Å²) in [6.45, 7) is 2.28. The van der Waals surface area contributed by atoms with E-state index in [0.29, 0.717) is 41.7 Å². The molecule has 1 N–H and O–H groups in total. The number of fused-ring (bicyclic) bond motifs is 3. The number of anilines is 1. The van der Waals surface area contributed by atoms with E-state index < -0.39 is 5.54 Å². The lowest BCUT2D eigenvalue weighted by molar-refractivity contribution is 0.0541. The number of halogens is 1. The van der Waals surface area contributed by atoms with Gasteiger partial charge in [0.15, 0.2) is 11.5 Å². The minimum atomic E-state index is -0.725. The Balaban J connectivity index is 1.40. The minimum Gasteiger partial charge on any atom is -0.493 e. The van der Waals surface area contributed by atoms with Crippen molar-refractivity contribution in [3.63, 3.8) is 0 Å². The Bertz CT molecular complexity index is 1410. The van der Waals surface area contributed by atoms with E-state index in [1.54, 1.807) is 31.3 Å². The van der Waals surface area contributed by atoms with Crippen LogP contribution in [0.1, 0.15) is 35.6 Å². The van der Waals surface area contributed by atoms with Gasteiger partial charge < -0.3 is 14.4 Å². The molecule has 0 radical (unpaired) electrons. The molecule has 3 aliphatic rings. The molecule has 0 unspecified atom stereocenters. The van der Waals surface area contributed by atoms with E-state index in [9.17, 15) is 10.2 Å². The third-order valence-electron chi connectivity index (χ3n) is 8.59. The summed E-state index contributed by atoms with van der Waals surface area (Å²) in [7, 11) is 3.32. The topological polar surface area (TPSA) is 69.1 Å². The summed E-state index contributed by atoms with van der Waals surface area (Å²) in [5.74, 6) is 1.77. The van der Waals surface area contributed by atoms with Crippen molar-refractivity contribution in [3.8, 4) is 11.5 Å². The molecule has 3 heterocycles. The van der Waals surface area contributed by atoms with Gasteiger partial charge >= 0.3 is 6.03 Å². The van der Waals surface area contributed by atoms with Crippen LogP contribution in [0.5, 0.6) is 11.5 Å². The van der Waals surface area contributed by atoms with Gasteiger partial charge in [-0.1, -0.05) is 48.0 Å². The molecule has 2 amide bonds. The van der Waals surface area contributed by atoms with Crippen LogP contribution in [0, 0.1) is 5.41 Å². The first-order valence-electron chi connectivity index (χ1n) is 13.4. The molecular formula is C31H33ClN4O3. The number of rotatable bonds is 6. The van der Waals surface area contributed by atoms with Gasteiger partial charge in [0.1, 0.15) is 11.4 Å². The van der Waals surface area contributed by atoms with Gasteiger partial charge in [0.05, 0.1) is 19.9 Å². The van der Waals surface area contributed by atoms with Crippen LogP contribution in [-0.2, 0) is 12.8 Å². The second-order valence-corrected chi connectivity index (χ2v) is 11.0. The lowest BCUT2D eigenvalue weighted by Gasteiger charge is -2.50. The molecule has 39 heavy (non-hydrogen) atoms. The molecule has 7 nitrogen and oxygen atoms in total. The Morgan fingerprint density at radius 3 is 2.51 bits per heavy atom. The molecule has 0 saturated carbocycles. The van der Waals surface area contributed by atoms with Crippen LogP contribution >= 0.6 is 11.6 Å². The molecule has 202 valence electrons. The normalized spacial score (nSPS) is 22.7. The molecule has 0 aliphatic carbocycles. The fourth-order valence-electron chi connectivity index (χ4n) is 6.58. The fraction of sp³-hybridized carbons (Fsp3) is 0.355. The monoisotopic (exact) mass is 544 g/mol. The van der Waals surface area contributed by atoms with Gasteiger partial charge in [-0.2, -0.15) is 0 Å². The van der Waals surface area contributed by atoms with Crippen molar-refractivity contribution in [2.45, 2.75) is 37.3 Å². The van der Waals surface area contributed by atoms with Crippen LogP contribution in [0.3, 0.4) is 0 Å². The lowest BCUT2D eigenvalue weighted by Crippen LogP contribution is -2.58. The predicted octanol–water partition coefficient (Wildman–Crippen LogP) is 5.95. The van der Waals surface area contributed by atoms with Crippen molar-refractivity contribution in [2.75, 3.05) is 38.8 Å². The van der Waals surface area contributed by atoms with Gasteiger partial charge in [0.2, 0.25) is 0 Å². The number of hydrogen-bond donors (Lipinski definition) is 1. The summed E-state index contributed by atoms with van der Waals surface area (Å²) in [6.07, 6.45) is 3.01. The Kier molecular flexibility index (Phi) is 6.73. The smallest absolute Gasteiger partial charge is 0.330 e. The molecule has 6 rings (SSSR count). The van der Waals surface area contributed by atoms with Crippen molar-refractivity contribution in [3.05, 3.63) is 88.4 Å². The van der Waals surface area contributed by atoms with Crippen molar-refractivity contribution in [2.24, 2.45) is 0 Å². The van der Waals surface area contributed by atoms with E-state index in [2.05, 4.69) is 29.2 Å². The van der Waals surface area contributed by atoms with E-state index in [-0.39, 0.29) is 12.1 Å². The van der Waals surface area contributed by atoms with Crippen molar-refractivity contribution >= 4 is 29.2 Å². The molecule has 0 aromatic heterocycles. The van der Waals surface area contributed by atoms with Gasteiger partial charge in [0.25, 0.3) is 0 Å². The fourth-order valence-corrected chi connectivity index (χ4v) is 6.77. The molecule has 2 saturated heterocycles. The highest BCUT2D eigenvalue weighted by Crippen LogP contribution is 2.49. The highest BCUT2D eigenvalue weighted by Gasteiger charge is 2.58. The molecule has 1 spiro atoms. The number of benzene rings is 3. The zero-order chi connectivity index (χ0) is 27.1. The largest absolute Gasteiger partial charge is 0.493 e. The van der Waals surface area contributed by atoms with E-state index in [1.165, 1.54) is 16.7 Å². The summed E-state index contributed by atoms with van der Waals surface area (Å²) < 4.78 is 11.2. The quantitative estimate of drug-likeness (QED) is 0.416. The standard InChI is InChI=1S/C31H33ClN4O3/c1-38-27-17-22-12-14-34-16-13-31(20-26(34)25(22)19-28(27)39-2)29(33)36(24-10-6-9-23(32)18-24)30(37)35(31)15-11-21-7-4-3-5-8-21/h3-10,17-19,26,33H,11-16,20H2,1-2H3/t26-,31+/m0/s1. The molecule has 3 aromatic carbocycles. The van der Waals surface area contributed by atoms with E-state index in [4.69, 9.17) is 21.1 Å². The number of nitrogens with zero attached hydrogens (tertiary/aromatic N) is 3. The number of methoxy groups -OCH3 is 2. The average molecular weight is 545 g/mol. The first kappa shape index (κ1) is 25.7. The Hall–Kier alpha value is -3.55. The lowest BCUT2D eigenvalue weighted by atomic mass is 9.76. The maximum atomic E-state index is 14.1. The molecule has 8 heteroatoms. The number of nitrogens with one attached hydrogen (secondary N) is 1. The maximum absolute atomic E-state index is 14.1. The first-order chi connectivity index (χ1) is 18.9. The molecule has 2 atom stereocenters. The van der Waals surface area contributed by atoms with Gasteiger partial charge in [0, 0.05) is 30.7 Å². The van der Waals surface area contributed by atoms with Crippen molar-refractivity contribution in [1.82, 2.24) is 9.80 Å². The van der Waals surface area contributed by atoms with Crippen LogP contribution in [0.4, 0.5) is 10.5 Å². The third-order valence-corrected chi connectivity index (χ3v) is 8.83. The van der Waals surface area contributed by atoms with Gasteiger partial charge in [-0.3, -0.25) is 10.3 Å².